The monoisotopic (exact) mass is 250 g/mol. The Balaban J connectivity index is 2.41. The van der Waals surface area contributed by atoms with Crippen molar-refractivity contribution >= 4 is 5.91 Å². The van der Waals surface area contributed by atoms with Crippen LogP contribution in [0.1, 0.15) is 31.9 Å². The molecule has 100 valence electrons. The lowest BCUT2D eigenvalue weighted by Crippen LogP contribution is -2.26. The number of rotatable bonds is 7. The van der Waals surface area contributed by atoms with Gasteiger partial charge in [-0.2, -0.15) is 0 Å². The van der Waals surface area contributed by atoms with Crippen LogP contribution in [0.5, 0.6) is 5.75 Å². The van der Waals surface area contributed by atoms with Crippen LogP contribution in [0.25, 0.3) is 0 Å². The van der Waals surface area contributed by atoms with Crippen molar-refractivity contribution in [3.8, 4) is 5.75 Å². The molecule has 0 saturated heterocycles. The number of hydrogen-bond donors (Lipinski definition) is 2. The molecule has 18 heavy (non-hydrogen) atoms. The quantitative estimate of drug-likeness (QED) is 0.776. The normalized spacial score (nSPS) is 11.9. The summed E-state index contributed by atoms with van der Waals surface area (Å²) in [7, 11) is 1.65. The van der Waals surface area contributed by atoms with Crippen molar-refractivity contribution in [2.45, 2.75) is 26.3 Å². The number of amides is 1. The first-order valence-corrected chi connectivity index (χ1v) is 6.34. The second kappa shape index (κ2) is 7.71. The zero-order valence-corrected chi connectivity index (χ0v) is 11.3. The average Bonchev–Trinajstić information content (AvgIpc) is 2.39. The van der Waals surface area contributed by atoms with Crippen LogP contribution in [-0.4, -0.2) is 26.1 Å². The van der Waals surface area contributed by atoms with E-state index in [4.69, 9.17) is 4.74 Å². The molecule has 0 radical (unpaired) electrons. The van der Waals surface area contributed by atoms with Crippen LogP contribution < -0.4 is 15.4 Å². The third-order valence-corrected chi connectivity index (χ3v) is 2.77. The first-order chi connectivity index (χ1) is 8.67. The van der Waals surface area contributed by atoms with Gasteiger partial charge in [-0.3, -0.25) is 4.79 Å². The van der Waals surface area contributed by atoms with Gasteiger partial charge in [0.05, 0.1) is 6.61 Å². The lowest BCUT2D eigenvalue weighted by molar-refractivity contribution is -0.120. The highest BCUT2D eigenvalue weighted by Gasteiger charge is 2.05. The van der Waals surface area contributed by atoms with Gasteiger partial charge in [-0.05, 0) is 31.5 Å². The summed E-state index contributed by atoms with van der Waals surface area (Å²) in [4.78, 5) is 11.1. The van der Waals surface area contributed by atoms with E-state index in [1.807, 2.05) is 31.2 Å². The highest BCUT2D eigenvalue weighted by atomic mass is 16.5. The van der Waals surface area contributed by atoms with Crippen LogP contribution in [0.2, 0.25) is 0 Å². The molecule has 1 aromatic rings. The maximum absolute atomic E-state index is 11.1. The smallest absolute Gasteiger partial charge is 0.221 e. The topological polar surface area (TPSA) is 50.4 Å². The van der Waals surface area contributed by atoms with Crippen molar-refractivity contribution < 1.29 is 9.53 Å². The third kappa shape index (κ3) is 4.75. The second-order valence-electron chi connectivity index (χ2n) is 4.10. The van der Waals surface area contributed by atoms with Crippen LogP contribution in [0.4, 0.5) is 0 Å². The number of carbonyl (C=O) groups excluding carboxylic acids is 1. The van der Waals surface area contributed by atoms with Gasteiger partial charge in [-0.25, -0.2) is 0 Å². The third-order valence-electron chi connectivity index (χ3n) is 2.77. The van der Waals surface area contributed by atoms with Gasteiger partial charge in [0.15, 0.2) is 0 Å². The van der Waals surface area contributed by atoms with Crippen LogP contribution >= 0.6 is 0 Å². The van der Waals surface area contributed by atoms with Gasteiger partial charge in [0.2, 0.25) is 5.91 Å². The van der Waals surface area contributed by atoms with Crippen molar-refractivity contribution in [1.82, 2.24) is 10.6 Å². The molecule has 0 heterocycles. The van der Waals surface area contributed by atoms with E-state index in [9.17, 15) is 4.79 Å². The molecular formula is C14H22N2O2. The molecule has 1 aromatic carbocycles. The Labute approximate surface area is 109 Å². The Hall–Kier alpha value is -1.55. The summed E-state index contributed by atoms with van der Waals surface area (Å²) in [5.41, 5.74) is 1.19. The molecule has 0 saturated carbocycles. The first kappa shape index (κ1) is 14.5. The Bertz CT molecular complexity index is 363. The van der Waals surface area contributed by atoms with Crippen LogP contribution in [0.15, 0.2) is 24.3 Å². The molecule has 2 N–H and O–H groups in total. The maximum atomic E-state index is 11.1. The first-order valence-electron chi connectivity index (χ1n) is 6.34. The number of hydrogen-bond acceptors (Lipinski definition) is 3. The van der Waals surface area contributed by atoms with Crippen LogP contribution in [0, 0.1) is 0 Å². The Kier molecular flexibility index (Phi) is 6.22. The Morgan fingerprint density at radius 3 is 2.56 bits per heavy atom. The van der Waals surface area contributed by atoms with Crippen molar-refractivity contribution in [1.29, 1.82) is 0 Å². The number of carbonyl (C=O) groups is 1. The fourth-order valence-electron chi connectivity index (χ4n) is 1.66. The van der Waals surface area contributed by atoms with E-state index in [-0.39, 0.29) is 11.9 Å². The molecule has 0 bridgehead atoms. The van der Waals surface area contributed by atoms with E-state index in [2.05, 4.69) is 17.6 Å². The van der Waals surface area contributed by atoms with Crippen molar-refractivity contribution in [3.63, 3.8) is 0 Å². The SMILES string of the molecule is CCOc1ccc(C(C)NCCC(=O)NC)cc1. The molecule has 0 aliphatic carbocycles. The summed E-state index contributed by atoms with van der Waals surface area (Å²) in [6.07, 6.45) is 0.498. The van der Waals surface area contributed by atoms with Crippen molar-refractivity contribution in [3.05, 3.63) is 29.8 Å². The minimum Gasteiger partial charge on any atom is -0.494 e. The van der Waals surface area contributed by atoms with Crippen molar-refractivity contribution in [2.24, 2.45) is 0 Å². The van der Waals surface area contributed by atoms with E-state index in [0.29, 0.717) is 19.6 Å². The number of ether oxygens (including phenoxy) is 1. The molecule has 0 aliphatic heterocycles. The van der Waals surface area contributed by atoms with E-state index >= 15 is 0 Å². The molecule has 0 aliphatic rings. The van der Waals surface area contributed by atoms with Gasteiger partial charge in [-0.15, -0.1) is 0 Å². The van der Waals surface area contributed by atoms with Gasteiger partial charge in [-0.1, -0.05) is 12.1 Å². The maximum Gasteiger partial charge on any atom is 0.221 e. The summed E-state index contributed by atoms with van der Waals surface area (Å²) < 4.78 is 5.39. The van der Waals surface area contributed by atoms with Gasteiger partial charge < -0.3 is 15.4 Å². The van der Waals surface area contributed by atoms with E-state index in [1.165, 1.54) is 5.56 Å². The summed E-state index contributed by atoms with van der Waals surface area (Å²) in [6, 6.07) is 8.25. The molecule has 0 fully saturated rings. The highest BCUT2D eigenvalue weighted by molar-refractivity contribution is 5.75. The average molecular weight is 250 g/mol. The zero-order chi connectivity index (χ0) is 13.4. The lowest BCUT2D eigenvalue weighted by atomic mass is 10.1. The molecule has 1 atom stereocenters. The molecule has 0 aromatic heterocycles. The van der Waals surface area contributed by atoms with E-state index in [0.717, 1.165) is 5.75 Å². The van der Waals surface area contributed by atoms with Gasteiger partial charge in [0.25, 0.3) is 0 Å². The Morgan fingerprint density at radius 1 is 1.33 bits per heavy atom. The Morgan fingerprint density at radius 2 is 2.00 bits per heavy atom. The molecule has 4 heteroatoms. The van der Waals surface area contributed by atoms with E-state index in [1.54, 1.807) is 7.05 Å². The number of nitrogens with one attached hydrogen (secondary N) is 2. The molecular weight excluding hydrogens is 228 g/mol. The molecule has 1 amide bonds. The molecule has 1 unspecified atom stereocenters. The van der Waals surface area contributed by atoms with Gasteiger partial charge in [0, 0.05) is 26.1 Å². The van der Waals surface area contributed by atoms with Crippen molar-refractivity contribution in [2.75, 3.05) is 20.2 Å². The standard InChI is InChI=1S/C14H22N2O2/c1-4-18-13-7-5-12(6-8-13)11(2)16-10-9-14(17)15-3/h5-8,11,16H,4,9-10H2,1-3H3,(H,15,17). The summed E-state index contributed by atoms with van der Waals surface area (Å²) in [5, 5.41) is 5.92. The fraction of sp³-hybridized carbons (Fsp3) is 0.500. The van der Waals surface area contributed by atoms with Gasteiger partial charge in [0.1, 0.15) is 5.75 Å². The van der Waals surface area contributed by atoms with Gasteiger partial charge >= 0.3 is 0 Å². The highest BCUT2D eigenvalue weighted by Crippen LogP contribution is 2.17. The minimum absolute atomic E-state index is 0.0568. The minimum atomic E-state index is 0.0568. The molecule has 4 nitrogen and oxygen atoms in total. The summed E-state index contributed by atoms with van der Waals surface area (Å²) in [6.45, 7) is 5.41. The molecule has 0 spiro atoms. The predicted octanol–water partition coefficient (Wildman–Crippen LogP) is 1.87. The predicted molar refractivity (Wildman–Crippen MR) is 72.7 cm³/mol. The molecule has 1 rings (SSSR count). The second-order valence-corrected chi connectivity index (χ2v) is 4.10. The van der Waals surface area contributed by atoms with Crippen LogP contribution in [-0.2, 0) is 4.79 Å². The zero-order valence-electron chi connectivity index (χ0n) is 11.3. The summed E-state index contributed by atoms with van der Waals surface area (Å²) >= 11 is 0. The number of benzene rings is 1. The largest absolute Gasteiger partial charge is 0.494 e. The van der Waals surface area contributed by atoms with Crippen LogP contribution in [0.3, 0.4) is 0 Å². The lowest BCUT2D eigenvalue weighted by Gasteiger charge is -2.14. The fourth-order valence-corrected chi connectivity index (χ4v) is 1.66. The summed E-state index contributed by atoms with van der Waals surface area (Å²) in [5.74, 6) is 0.945. The van der Waals surface area contributed by atoms with E-state index < -0.39 is 0 Å².